The molecule has 122 valence electrons. The number of benzene rings is 1. The number of nitrogens with one attached hydrogen (secondary N) is 1. The number of pyridine rings is 1. The van der Waals surface area contributed by atoms with Crippen LogP contribution in [0, 0.1) is 0 Å². The second-order valence-corrected chi connectivity index (χ2v) is 6.20. The molecule has 4 aromatic rings. The summed E-state index contributed by atoms with van der Waals surface area (Å²) in [4.78, 5) is 16.6. The first-order valence-electron chi connectivity index (χ1n) is 7.60. The molecule has 1 N–H and O–H groups in total. The number of amides is 1. The summed E-state index contributed by atoms with van der Waals surface area (Å²) in [6.07, 6.45) is 3.75. The largest absolute Gasteiger partial charge is 0.321 e. The van der Waals surface area contributed by atoms with Gasteiger partial charge in [0.15, 0.2) is 10.9 Å². The molecule has 3 heterocycles. The Morgan fingerprint density at radius 1 is 0.960 bits per heavy atom. The van der Waals surface area contributed by atoms with Crippen LogP contribution >= 0.6 is 11.8 Å². The van der Waals surface area contributed by atoms with Crippen molar-refractivity contribution >= 4 is 28.9 Å². The summed E-state index contributed by atoms with van der Waals surface area (Å²) in [7, 11) is 0. The van der Waals surface area contributed by atoms with Crippen molar-refractivity contribution in [1.82, 2.24) is 19.6 Å². The lowest BCUT2D eigenvalue weighted by Gasteiger charge is -2.04. The van der Waals surface area contributed by atoms with Crippen LogP contribution in [-0.2, 0) is 0 Å². The third-order valence-corrected chi connectivity index (χ3v) is 4.42. The van der Waals surface area contributed by atoms with Crippen LogP contribution in [0.5, 0.6) is 0 Å². The van der Waals surface area contributed by atoms with Crippen molar-refractivity contribution in [3.8, 4) is 0 Å². The highest BCUT2D eigenvalue weighted by molar-refractivity contribution is 7.99. The fourth-order valence-electron chi connectivity index (χ4n) is 2.30. The van der Waals surface area contributed by atoms with Gasteiger partial charge in [-0.25, -0.2) is 4.98 Å². The summed E-state index contributed by atoms with van der Waals surface area (Å²) in [5.74, 6) is -0.290. The SMILES string of the molecule is O=C(Nc1ccccc1)c1ccc(Sc2ncc3ccccn23)nn1. The number of imidazole rings is 1. The molecule has 0 spiro atoms. The maximum Gasteiger partial charge on any atom is 0.276 e. The molecule has 0 bridgehead atoms. The zero-order chi connectivity index (χ0) is 17.1. The first kappa shape index (κ1) is 15.3. The Morgan fingerprint density at radius 2 is 1.80 bits per heavy atom. The normalized spacial score (nSPS) is 10.7. The number of hydrogen-bond acceptors (Lipinski definition) is 5. The minimum Gasteiger partial charge on any atom is -0.321 e. The summed E-state index contributed by atoms with van der Waals surface area (Å²) in [5, 5.41) is 12.4. The molecule has 0 aliphatic heterocycles. The molecule has 6 nitrogen and oxygen atoms in total. The van der Waals surface area contributed by atoms with Crippen molar-refractivity contribution in [2.45, 2.75) is 10.2 Å². The van der Waals surface area contributed by atoms with E-state index in [1.54, 1.807) is 18.3 Å². The van der Waals surface area contributed by atoms with Gasteiger partial charge in [0, 0.05) is 11.9 Å². The predicted molar refractivity (Wildman–Crippen MR) is 95.7 cm³/mol. The molecule has 0 saturated carbocycles. The molecule has 0 unspecified atom stereocenters. The van der Waals surface area contributed by atoms with Gasteiger partial charge in [0.1, 0.15) is 5.03 Å². The third-order valence-electron chi connectivity index (χ3n) is 3.50. The number of anilines is 1. The van der Waals surface area contributed by atoms with E-state index in [0.29, 0.717) is 5.03 Å². The van der Waals surface area contributed by atoms with Gasteiger partial charge in [-0.3, -0.25) is 9.20 Å². The smallest absolute Gasteiger partial charge is 0.276 e. The van der Waals surface area contributed by atoms with E-state index in [1.165, 1.54) is 11.8 Å². The number of carbonyl (C=O) groups is 1. The minimum atomic E-state index is -0.290. The van der Waals surface area contributed by atoms with E-state index in [2.05, 4.69) is 20.5 Å². The Morgan fingerprint density at radius 3 is 2.60 bits per heavy atom. The number of rotatable bonds is 4. The predicted octanol–water partition coefficient (Wildman–Crippen LogP) is 3.53. The molecule has 1 amide bonds. The lowest BCUT2D eigenvalue weighted by atomic mass is 10.3. The van der Waals surface area contributed by atoms with Crippen LogP contribution in [0.15, 0.2) is 83.2 Å². The summed E-state index contributed by atoms with van der Waals surface area (Å²) < 4.78 is 1.97. The lowest BCUT2D eigenvalue weighted by Crippen LogP contribution is -2.14. The van der Waals surface area contributed by atoms with Crippen molar-refractivity contribution in [2.24, 2.45) is 0 Å². The first-order valence-corrected chi connectivity index (χ1v) is 8.41. The monoisotopic (exact) mass is 347 g/mol. The minimum absolute atomic E-state index is 0.265. The number of aromatic nitrogens is 4. The van der Waals surface area contributed by atoms with Crippen molar-refractivity contribution in [2.75, 3.05) is 5.32 Å². The van der Waals surface area contributed by atoms with Gasteiger partial charge in [0.25, 0.3) is 5.91 Å². The van der Waals surface area contributed by atoms with Gasteiger partial charge in [0.2, 0.25) is 0 Å². The van der Waals surface area contributed by atoms with Gasteiger partial charge in [-0.05, 0) is 48.2 Å². The maximum absolute atomic E-state index is 12.2. The molecule has 0 atom stereocenters. The number of carbonyl (C=O) groups excluding carboxylic acids is 1. The standard InChI is InChI=1S/C18H13N5OS/c24-17(20-13-6-2-1-3-7-13)15-9-10-16(22-21-15)25-18-19-12-14-8-4-5-11-23(14)18/h1-12H,(H,20,24). The molecule has 0 aliphatic rings. The Balaban J connectivity index is 1.49. The average molecular weight is 347 g/mol. The molecule has 1 aromatic carbocycles. The molecule has 0 radical (unpaired) electrons. The maximum atomic E-state index is 12.2. The zero-order valence-electron chi connectivity index (χ0n) is 13.0. The van der Waals surface area contributed by atoms with Crippen LogP contribution in [-0.4, -0.2) is 25.5 Å². The second-order valence-electron chi connectivity index (χ2n) is 5.22. The van der Waals surface area contributed by atoms with Crippen molar-refractivity contribution in [3.05, 3.63) is 78.8 Å². The molecule has 25 heavy (non-hydrogen) atoms. The Bertz CT molecular complexity index is 1010. The van der Waals surface area contributed by atoms with E-state index < -0.39 is 0 Å². The van der Waals surface area contributed by atoms with Gasteiger partial charge in [0.05, 0.1) is 11.7 Å². The molecule has 0 aliphatic carbocycles. The number of hydrogen-bond donors (Lipinski definition) is 1. The van der Waals surface area contributed by atoms with Crippen molar-refractivity contribution in [3.63, 3.8) is 0 Å². The molecule has 4 rings (SSSR count). The topological polar surface area (TPSA) is 72.2 Å². The van der Waals surface area contributed by atoms with Gasteiger partial charge in [-0.15, -0.1) is 10.2 Å². The lowest BCUT2D eigenvalue weighted by molar-refractivity contribution is 0.102. The summed E-state index contributed by atoms with van der Waals surface area (Å²) in [6.45, 7) is 0. The molecule has 0 fully saturated rings. The van der Waals surface area contributed by atoms with Crippen LogP contribution in [0.3, 0.4) is 0 Å². The van der Waals surface area contributed by atoms with E-state index in [9.17, 15) is 4.79 Å². The second kappa shape index (κ2) is 6.74. The van der Waals surface area contributed by atoms with Crippen LogP contribution in [0.1, 0.15) is 10.5 Å². The average Bonchev–Trinajstić information content (AvgIpc) is 3.06. The number of nitrogens with zero attached hydrogens (tertiary/aromatic N) is 4. The van der Waals surface area contributed by atoms with Crippen molar-refractivity contribution in [1.29, 1.82) is 0 Å². The molecule has 0 saturated heterocycles. The van der Waals surface area contributed by atoms with E-state index in [1.807, 2.05) is 59.1 Å². The van der Waals surface area contributed by atoms with Gasteiger partial charge in [-0.1, -0.05) is 24.3 Å². The Labute approximate surface area is 147 Å². The van der Waals surface area contributed by atoms with Gasteiger partial charge >= 0.3 is 0 Å². The van der Waals surface area contributed by atoms with E-state index in [0.717, 1.165) is 16.4 Å². The van der Waals surface area contributed by atoms with Gasteiger partial charge < -0.3 is 5.32 Å². The zero-order valence-corrected chi connectivity index (χ0v) is 13.9. The molecule has 7 heteroatoms. The van der Waals surface area contributed by atoms with Crippen LogP contribution in [0.25, 0.3) is 5.52 Å². The van der Waals surface area contributed by atoms with Crippen molar-refractivity contribution < 1.29 is 4.79 Å². The highest BCUT2D eigenvalue weighted by Crippen LogP contribution is 2.25. The summed E-state index contributed by atoms with van der Waals surface area (Å²) in [6, 6.07) is 18.6. The highest BCUT2D eigenvalue weighted by Gasteiger charge is 2.11. The fraction of sp³-hybridized carbons (Fsp3) is 0. The summed E-state index contributed by atoms with van der Waals surface area (Å²) >= 11 is 1.39. The molecular formula is C18H13N5OS. The molecular weight excluding hydrogens is 334 g/mol. The Hall–Kier alpha value is -3.19. The van der Waals surface area contributed by atoms with Crippen LogP contribution in [0.4, 0.5) is 5.69 Å². The van der Waals surface area contributed by atoms with Crippen LogP contribution in [0.2, 0.25) is 0 Å². The first-order chi connectivity index (χ1) is 12.3. The number of para-hydroxylation sites is 1. The fourth-order valence-corrected chi connectivity index (χ4v) is 3.08. The van der Waals surface area contributed by atoms with E-state index in [-0.39, 0.29) is 11.6 Å². The quantitative estimate of drug-likeness (QED) is 0.611. The van der Waals surface area contributed by atoms with Crippen LogP contribution < -0.4 is 5.32 Å². The third kappa shape index (κ3) is 3.36. The summed E-state index contributed by atoms with van der Waals surface area (Å²) in [5.41, 5.74) is 2.00. The van der Waals surface area contributed by atoms with E-state index >= 15 is 0 Å². The molecule has 3 aromatic heterocycles. The van der Waals surface area contributed by atoms with Gasteiger partial charge in [-0.2, -0.15) is 0 Å². The van der Waals surface area contributed by atoms with E-state index in [4.69, 9.17) is 0 Å². The highest BCUT2D eigenvalue weighted by atomic mass is 32.2. The number of fused-ring (bicyclic) bond motifs is 1. The Kier molecular flexibility index (Phi) is 4.14.